The molecule has 96 valence electrons. The summed E-state index contributed by atoms with van der Waals surface area (Å²) in [5, 5.41) is 0. The summed E-state index contributed by atoms with van der Waals surface area (Å²) in [6.07, 6.45) is 2.29. The summed E-state index contributed by atoms with van der Waals surface area (Å²) in [7, 11) is 0. The van der Waals surface area contributed by atoms with E-state index in [9.17, 15) is 4.39 Å². The van der Waals surface area contributed by atoms with E-state index >= 15 is 0 Å². The fraction of sp³-hybridized carbons (Fsp3) is 0.600. The molecule has 0 spiro atoms. The molecule has 0 aromatic heterocycles. The number of hydrogen-bond donors (Lipinski definition) is 0. The van der Waals surface area contributed by atoms with Crippen LogP contribution in [0.2, 0.25) is 0 Å². The van der Waals surface area contributed by atoms with Gasteiger partial charge in [-0.15, -0.1) is 0 Å². The van der Waals surface area contributed by atoms with Gasteiger partial charge in [-0.3, -0.25) is 0 Å². The number of rotatable bonds is 4. The molecule has 0 radical (unpaired) electrons. The zero-order chi connectivity index (χ0) is 13.1. The molecule has 0 nitrogen and oxygen atoms in total. The van der Waals surface area contributed by atoms with Crippen molar-refractivity contribution in [3.05, 3.63) is 35.6 Å². The molecule has 0 N–H and O–H groups in total. The molecule has 1 rings (SSSR count). The Labute approximate surface area is 113 Å². The normalized spacial score (nSPS) is 15.6. The molecule has 0 aliphatic rings. The predicted octanol–water partition coefficient (Wildman–Crippen LogP) is 5.72. The fourth-order valence-corrected chi connectivity index (χ4v) is 3.23. The molecule has 0 fully saturated rings. The highest BCUT2D eigenvalue weighted by Gasteiger charge is 2.18. The van der Waals surface area contributed by atoms with E-state index in [4.69, 9.17) is 0 Å². The predicted molar refractivity (Wildman–Crippen MR) is 75.9 cm³/mol. The van der Waals surface area contributed by atoms with Crippen LogP contribution in [0.4, 0.5) is 4.39 Å². The van der Waals surface area contributed by atoms with Crippen LogP contribution in [0.3, 0.4) is 0 Å². The summed E-state index contributed by atoms with van der Waals surface area (Å²) in [5.41, 5.74) is 1.53. The quantitative estimate of drug-likeness (QED) is 0.623. The van der Waals surface area contributed by atoms with Crippen LogP contribution in [0.15, 0.2) is 24.3 Å². The lowest BCUT2D eigenvalue weighted by molar-refractivity contribution is 0.296. The van der Waals surface area contributed by atoms with E-state index in [0.717, 1.165) is 12.0 Å². The third kappa shape index (κ3) is 5.67. The van der Waals surface area contributed by atoms with Gasteiger partial charge in [0.25, 0.3) is 0 Å². The Kier molecular flexibility index (Phi) is 5.18. The molecule has 1 aromatic carbocycles. The van der Waals surface area contributed by atoms with Crippen molar-refractivity contribution in [2.45, 2.75) is 45.4 Å². The first-order valence-electron chi connectivity index (χ1n) is 6.17. The number of hydrogen-bond acceptors (Lipinski definition) is 0. The van der Waals surface area contributed by atoms with Crippen molar-refractivity contribution in [3.63, 3.8) is 0 Å². The van der Waals surface area contributed by atoms with Gasteiger partial charge >= 0.3 is 0 Å². The third-order valence-corrected chi connectivity index (χ3v) is 3.70. The van der Waals surface area contributed by atoms with E-state index in [1.54, 1.807) is 0 Å². The zero-order valence-electron chi connectivity index (χ0n) is 11.1. The Morgan fingerprint density at radius 3 is 2.18 bits per heavy atom. The van der Waals surface area contributed by atoms with Crippen LogP contribution >= 0.6 is 15.9 Å². The number of halogens is 2. The van der Waals surface area contributed by atoms with Gasteiger partial charge in [-0.25, -0.2) is 4.39 Å². The molecule has 1 aromatic rings. The van der Waals surface area contributed by atoms with Gasteiger partial charge in [0.1, 0.15) is 5.82 Å². The first-order chi connectivity index (χ1) is 7.78. The largest absolute Gasteiger partial charge is 0.207 e. The highest BCUT2D eigenvalue weighted by Crippen LogP contribution is 2.34. The van der Waals surface area contributed by atoms with Crippen LogP contribution in [0, 0.1) is 17.2 Å². The van der Waals surface area contributed by atoms with Gasteiger partial charge in [0, 0.05) is 4.83 Å². The Hall–Kier alpha value is -0.370. The molecule has 0 bridgehead atoms. The van der Waals surface area contributed by atoms with Gasteiger partial charge in [-0.05, 0) is 41.9 Å². The highest BCUT2D eigenvalue weighted by molar-refractivity contribution is 9.09. The van der Waals surface area contributed by atoms with Gasteiger partial charge in [0.05, 0.1) is 0 Å². The molecule has 0 aliphatic heterocycles. The average Bonchev–Trinajstić information content (AvgIpc) is 2.15. The summed E-state index contributed by atoms with van der Waals surface area (Å²) in [6, 6.07) is 6.77. The van der Waals surface area contributed by atoms with Gasteiger partial charge < -0.3 is 0 Å². The van der Waals surface area contributed by atoms with E-state index < -0.39 is 0 Å². The van der Waals surface area contributed by atoms with Crippen LogP contribution in [0.25, 0.3) is 0 Å². The van der Waals surface area contributed by atoms with Crippen molar-refractivity contribution >= 4 is 15.9 Å². The van der Waals surface area contributed by atoms with Crippen LogP contribution in [-0.4, -0.2) is 0 Å². The van der Waals surface area contributed by atoms with Crippen molar-refractivity contribution in [2.75, 3.05) is 0 Å². The van der Waals surface area contributed by atoms with Crippen molar-refractivity contribution < 1.29 is 4.39 Å². The Balaban J connectivity index is 2.54. The Bertz CT molecular complexity index is 337. The second-order valence-corrected chi connectivity index (χ2v) is 7.23. The number of benzene rings is 1. The Morgan fingerprint density at radius 2 is 1.71 bits per heavy atom. The minimum Gasteiger partial charge on any atom is -0.207 e. The SMILES string of the molecule is CC(CC(Br)c1ccc(F)cc1)CC(C)(C)C. The molecule has 0 amide bonds. The van der Waals surface area contributed by atoms with E-state index in [-0.39, 0.29) is 5.82 Å². The van der Waals surface area contributed by atoms with Gasteiger partial charge in [0.2, 0.25) is 0 Å². The topological polar surface area (TPSA) is 0 Å². The summed E-state index contributed by atoms with van der Waals surface area (Å²) in [6.45, 7) is 9.09. The fourth-order valence-electron chi connectivity index (χ4n) is 2.29. The molecule has 2 atom stereocenters. The van der Waals surface area contributed by atoms with Gasteiger partial charge in [-0.2, -0.15) is 0 Å². The molecular formula is C15H22BrF. The maximum Gasteiger partial charge on any atom is 0.123 e. The smallest absolute Gasteiger partial charge is 0.123 e. The maximum atomic E-state index is 12.8. The van der Waals surface area contributed by atoms with E-state index in [2.05, 4.69) is 43.6 Å². The van der Waals surface area contributed by atoms with Gasteiger partial charge in [0.15, 0.2) is 0 Å². The molecule has 0 aliphatic carbocycles. The molecule has 0 heterocycles. The van der Waals surface area contributed by atoms with Crippen molar-refractivity contribution in [1.82, 2.24) is 0 Å². The van der Waals surface area contributed by atoms with Crippen LogP contribution in [0.1, 0.15) is 50.9 Å². The number of alkyl halides is 1. The summed E-state index contributed by atoms with van der Waals surface area (Å²) in [4.78, 5) is 0.320. The first-order valence-corrected chi connectivity index (χ1v) is 7.09. The monoisotopic (exact) mass is 300 g/mol. The minimum absolute atomic E-state index is 0.170. The standard InChI is InChI=1S/C15H22BrF/c1-11(10-15(2,3)4)9-14(16)12-5-7-13(17)8-6-12/h5-8,11,14H,9-10H2,1-4H3. The van der Waals surface area contributed by atoms with Crippen molar-refractivity contribution in [2.24, 2.45) is 11.3 Å². The lowest BCUT2D eigenvalue weighted by atomic mass is 9.83. The molecule has 0 saturated heterocycles. The zero-order valence-corrected chi connectivity index (χ0v) is 12.7. The maximum absolute atomic E-state index is 12.8. The highest BCUT2D eigenvalue weighted by atomic mass is 79.9. The lowest BCUT2D eigenvalue weighted by Crippen LogP contribution is -2.12. The molecule has 2 heteroatoms. The van der Waals surface area contributed by atoms with E-state index in [1.807, 2.05) is 12.1 Å². The Morgan fingerprint density at radius 1 is 1.18 bits per heavy atom. The summed E-state index contributed by atoms with van der Waals surface area (Å²) < 4.78 is 12.8. The van der Waals surface area contributed by atoms with E-state index in [1.165, 1.54) is 18.6 Å². The molecule has 17 heavy (non-hydrogen) atoms. The second kappa shape index (κ2) is 5.99. The lowest BCUT2D eigenvalue weighted by Gasteiger charge is -2.24. The van der Waals surface area contributed by atoms with Crippen molar-refractivity contribution in [1.29, 1.82) is 0 Å². The molecule has 2 unspecified atom stereocenters. The van der Waals surface area contributed by atoms with Crippen LogP contribution in [0.5, 0.6) is 0 Å². The summed E-state index contributed by atoms with van der Waals surface area (Å²) >= 11 is 3.70. The summed E-state index contributed by atoms with van der Waals surface area (Å²) in [5.74, 6) is 0.487. The van der Waals surface area contributed by atoms with Crippen LogP contribution < -0.4 is 0 Å². The minimum atomic E-state index is -0.170. The average molecular weight is 301 g/mol. The van der Waals surface area contributed by atoms with Crippen molar-refractivity contribution in [3.8, 4) is 0 Å². The third-order valence-electron chi connectivity index (χ3n) is 2.80. The first kappa shape index (κ1) is 14.7. The van der Waals surface area contributed by atoms with Crippen LogP contribution in [-0.2, 0) is 0 Å². The molecule has 0 saturated carbocycles. The molecular weight excluding hydrogens is 279 g/mol. The van der Waals surface area contributed by atoms with E-state index in [0.29, 0.717) is 16.2 Å². The van der Waals surface area contributed by atoms with Gasteiger partial charge in [-0.1, -0.05) is 55.8 Å². The second-order valence-electron chi connectivity index (χ2n) is 6.12.